The van der Waals surface area contributed by atoms with E-state index >= 15 is 0 Å². The van der Waals surface area contributed by atoms with Crippen LogP contribution in [0.3, 0.4) is 0 Å². The molecule has 0 amide bonds. The SMILES string of the molecule is CN(C)Sc1ccc(SNc2ccccc2N2CCCC(c3ccccc3)C2)cc1. The van der Waals surface area contributed by atoms with Gasteiger partial charge in [0.15, 0.2) is 0 Å². The van der Waals surface area contributed by atoms with E-state index in [1.807, 2.05) is 0 Å². The number of rotatable bonds is 7. The minimum Gasteiger partial charge on any atom is -0.369 e. The average Bonchev–Trinajstić information content (AvgIpc) is 2.79. The highest BCUT2D eigenvalue weighted by molar-refractivity contribution is 8.00. The lowest BCUT2D eigenvalue weighted by Crippen LogP contribution is -2.34. The van der Waals surface area contributed by atoms with Crippen molar-refractivity contribution in [3.05, 3.63) is 84.4 Å². The highest BCUT2D eigenvalue weighted by atomic mass is 32.2. The van der Waals surface area contributed by atoms with Crippen LogP contribution in [0.25, 0.3) is 0 Å². The average molecular weight is 436 g/mol. The third-order valence-electron chi connectivity index (χ3n) is 5.33. The molecular weight excluding hydrogens is 406 g/mol. The van der Waals surface area contributed by atoms with Crippen LogP contribution in [0, 0.1) is 0 Å². The Bertz CT molecular complexity index is 929. The van der Waals surface area contributed by atoms with Crippen LogP contribution in [0.5, 0.6) is 0 Å². The minimum absolute atomic E-state index is 0.599. The molecule has 30 heavy (non-hydrogen) atoms. The van der Waals surface area contributed by atoms with Crippen LogP contribution in [0.1, 0.15) is 24.3 Å². The molecule has 4 rings (SSSR count). The molecule has 0 spiro atoms. The Hall–Kier alpha value is -2.08. The number of nitrogens with zero attached hydrogens (tertiary/aromatic N) is 2. The quantitative estimate of drug-likeness (QED) is 0.412. The van der Waals surface area contributed by atoms with E-state index in [2.05, 4.69) is 107 Å². The molecule has 0 radical (unpaired) electrons. The van der Waals surface area contributed by atoms with Gasteiger partial charge in [0, 0.05) is 28.8 Å². The molecule has 0 aromatic heterocycles. The van der Waals surface area contributed by atoms with Crippen LogP contribution in [0.4, 0.5) is 11.4 Å². The lowest BCUT2D eigenvalue weighted by atomic mass is 9.90. The van der Waals surface area contributed by atoms with Crippen molar-refractivity contribution < 1.29 is 0 Å². The van der Waals surface area contributed by atoms with Crippen molar-refractivity contribution in [2.75, 3.05) is 36.8 Å². The first kappa shape index (κ1) is 21.2. The molecule has 0 bridgehead atoms. The summed E-state index contributed by atoms with van der Waals surface area (Å²) in [5.41, 5.74) is 3.94. The van der Waals surface area contributed by atoms with Crippen molar-refractivity contribution in [2.45, 2.75) is 28.6 Å². The molecule has 3 aromatic rings. The first-order valence-electron chi connectivity index (χ1n) is 10.5. The lowest BCUT2D eigenvalue weighted by molar-refractivity contribution is 0.510. The number of anilines is 2. The predicted octanol–water partition coefficient (Wildman–Crippen LogP) is 6.76. The largest absolute Gasteiger partial charge is 0.369 e. The molecule has 1 saturated heterocycles. The van der Waals surface area contributed by atoms with E-state index in [0.29, 0.717) is 5.92 Å². The minimum atomic E-state index is 0.599. The summed E-state index contributed by atoms with van der Waals surface area (Å²) >= 11 is 3.42. The number of benzene rings is 3. The van der Waals surface area contributed by atoms with Gasteiger partial charge in [-0.15, -0.1) is 0 Å². The van der Waals surface area contributed by atoms with Gasteiger partial charge in [-0.1, -0.05) is 42.5 Å². The Morgan fingerprint density at radius 3 is 2.33 bits per heavy atom. The molecule has 1 N–H and O–H groups in total. The molecule has 1 heterocycles. The Labute approximate surface area is 189 Å². The summed E-state index contributed by atoms with van der Waals surface area (Å²) in [4.78, 5) is 5.01. The predicted molar refractivity (Wildman–Crippen MR) is 133 cm³/mol. The van der Waals surface area contributed by atoms with Gasteiger partial charge in [0.2, 0.25) is 0 Å². The van der Waals surface area contributed by atoms with Crippen LogP contribution < -0.4 is 9.62 Å². The van der Waals surface area contributed by atoms with E-state index in [1.165, 1.54) is 39.6 Å². The van der Waals surface area contributed by atoms with Gasteiger partial charge in [0.25, 0.3) is 0 Å². The molecule has 0 saturated carbocycles. The fraction of sp³-hybridized carbons (Fsp3) is 0.280. The van der Waals surface area contributed by atoms with Gasteiger partial charge in [0.05, 0.1) is 11.4 Å². The molecular formula is C25H29N3S2. The second-order valence-electron chi connectivity index (χ2n) is 7.79. The number of hydrogen-bond acceptors (Lipinski definition) is 5. The molecule has 1 unspecified atom stereocenters. The Morgan fingerprint density at radius 1 is 0.867 bits per heavy atom. The number of hydrogen-bond donors (Lipinski definition) is 1. The molecule has 1 aliphatic heterocycles. The van der Waals surface area contributed by atoms with E-state index < -0.39 is 0 Å². The second-order valence-corrected chi connectivity index (χ2v) is 10.1. The van der Waals surface area contributed by atoms with Gasteiger partial charge in [-0.05, 0) is 92.8 Å². The summed E-state index contributed by atoms with van der Waals surface area (Å²) in [6, 6.07) is 28.4. The third-order valence-corrected chi connectivity index (χ3v) is 7.01. The monoisotopic (exact) mass is 435 g/mol. The first-order valence-corrected chi connectivity index (χ1v) is 12.0. The van der Waals surface area contributed by atoms with E-state index in [-0.39, 0.29) is 0 Å². The zero-order valence-corrected chi connectivity index (χ0v) is 19.3. The van der Waals surface area contributed by atoms with Gasteiger partial charge in [-0.3, -0.25) is 4.31 Å². The van der Waals surface area contributed by atoms with Gasteiger partial charge < -0.3 is 9.62 Å². The smallest absolute Gasteiger partial charge is 0.0679 e. The zero-order chi connectivity index (χ0) is 20.8. The van der Waals surface area contributed by atoms with Crippen molar-refractivity contribution in [2.24, 2.45) is 0 Å². The molecule has 1 atom stereocenters. The number of piperidine rings is 1. The van der Waals surface area contributed by atoms with Crippen molar-refractivity contribution in [3.8, 4) is 0 Å². The van der Waals surface area contributed by atoms with E-state index in [1.54, 1.807) is 23.9 Å². The molecule has 1 fully saturated rings. The summed E-state index contributed by atoms with van der Waals surface area (Å²) in [6.07, 6.45) is 2.49. The molecule has 3 aromatic carbocycles. The fourth-order valence-corrected chi connectivity index (χ4v) is 5.27. The summed E-state index contributed by atoms with van der Waals surface area (Å²) in [5.74, 6) is 0.599. The maximum absolute atomic E-state index is 3.60. The summed E-state index contributed by atoms with van der Waals surface area (Å²) in [6.45, 7) is 2.19. The van der Waals surface area contributed by atoms with Crippen LogP contribution in [-0.2, 0) is 0 Å². The summed E-state index contributed by atoms with van der Waals surface area (Å²) in [7, 11) is 4.13. The van der Waals surface area contributed by atoms with Crippen LogP contribution in [0.15, 0.2) is 88.7 Å². The third kappa shape index (κ3) is 5.54. The molecule has 0 aliphatic carbocycles. The maximum atomic E-state index is 3.60. The van der Waals surface area contributed by atoms with Crippen LogP contribution in [-0.4, -0.2) is 31.5 Å². The van der Waals surface area contributed by atoms with E-state index in [9.17, 15) is 0 Å². The topological polar surface area (TPSA) is 18.5 Å². The van der Waals surface area contributed by atoms with Gasteiger partial charge in [0.1, 0.15) is 0 Å². The van der Waals surface area contributed by atoms with Crippen molar-refractivity contribution in [1.82, 2.24) is 4.31 Å². The number of nitrogens with one attached hydrogen (secondary N) is 1. The van der Waals surface area contributed by atoms with Crippen molar-refractivity contribution in [3.63, 3.8) is 0 Å². The second kappa shape index (κ2) is 10.3. The molecule has 156 valence electrons. The normalized spacial score (nSPS) is 16.6. The standard InChI is InChI=1S/C25H29N3S2/c1-27(2)30-23-16-14-22(15-17-23)29-26-24-12-6-7-13-25(24)28-18-8-11-21(19-28)20-9-4-3-5-10-20/h3-7,9-10,12-17,21,26H,8,11,18-19H2,1-2H3. The van der Waals surface area contributed by atoms with Gasteiger partial charge >= 0.3 is 0 Å². The number of para-hydroxylation sites is 2. The Balaban J connectivity index is 1.43. The van der Waals surface area contributed by atoms with Gasteiger partial charge in [-0.25, -0.2) is 0 Å². The van der Waals surface area contributed by atoms with E-state index in [4.69, 9.17) is 0 Å². The highest BCUT2D eigenvalue weighted by Gasteiger charge is 2.22. The highest BCUT2D eigenvalue weighted by Crippen LogP contribution is 2.35. The first-order chi connectivity index (χ1) is 14.7. The molecule has 3 nitrogen and oxygen atoms in total. The maximum Gasteiger partial charge on any atom is 0.0679 e. The van der Waals surface area contributed by atoms with Crippen LogP contribution in [0.2, 0.25) is 0 Å². The van der Waals surface area contributed by atoms with Crippen molar-refractivity contribution >= 4 is 35.3 Å². The van der Waals surface area contributed by atoms with Gasteiger partial charge in [-0.2, -0.15) is 0 Å². The Kier molecular flexibility index (Phi) is 7.26. The summed E-state index contributed by atoms with van der Waals surface area (Å²) in [5, 5.41) is 0. The van der Waals surface area contributed by atoms with Crippen LogP contribution >= 0.6 is 23.9 Å². The fourth-order valence-electron chi connectivity index (χ4n) is 3.92. The zero-order valence-electron chi connectivity index (χ0n) is 17.6. The molecule has 5 heteroatoms. The Morgan fingerprint density at radius 2 is 1.57 bits per heavy atom. The summed E-state index contributed by atoms with van der Waals surface area (Å²) < 4.78 is 5.71. The lowest BCUT2D eigenvalue weighted by Gasteiger charge is -2.35. The van der Waals surface area contributed by atoms with E-state index in [0.717, 1.165) is 13.1 Å². The van der Waals surface area contributed by atoms with Crippen molar-refractivity contribution in [1.29, 1.82) is 0 Å². The molecule has 1 aliphatic rings.